The predicted molar refractivity (Wildman–Crippen MR) is 110 cm³/mol. The lowest BCUT2D eigenvalue weighted by Gasteiger charge is -2.10. The number of amides is 1. The first-order valence-electron chi connectivity index (χ1n) is 9.27. The molecule has 0 aliphatic rings. The molecule has 7 heteroatoms. The van der Waals surface area contributed by atoms with Gasteiger partial charge in [-0.2, -0.15) is 0 Å². The maximum Gasteiger partial charge on any atom is 0.261 e. The SMILES string of the molecule is O=C(CCn1cnc2ccccc2c1=O)NCc1cccnc1-c1ccncc1. The fraction of sp³-hybridized carbons (Fsp3) is 0.136. The number of carbonyl (C=O) groups excluding carboxylic acids is 1. The van der Waals surface area contributed by atoms with Gasteiger partial charge in [0, 0.05) is 43.7 Å². The normalized spacial score (nSPS) is 10.8. The topological polar surface area (TPSA) is 89.8 Å². The van der Waals surface area contributed by atoms with Crippen LogP contribution >= 0.6 is 0 Å². The van der Waals surface area contributed by atoms with Crippen LogP contribution in [0, 0.1) is 0 Å². The number of rotatable bonds is 6. The molecular formula is C22H19N5O2. The maximum atomic E-state index is 12.5. The Morgan fingerprint density at radius 2 is 1.79 bits per heavy atom. The summed E-state index contributed by atoms with van der Waals surface area (Å²) in [4.78, 5) is 37.6. The van der Waals surface area contributed by atoms with Crippen LogP contribution in [0.15, 0.2) is 78.2 Å². The van der Waals surface area contributed by atoms with E-state index in [1.54, 1.807) is 36.8 Å². The molecule has 4 rings (SSSR count). The van der Waals surface area contributed by atoms with Gasteiger partial charge in [-0.1, -0.05) is 18.2 Å². The van der Waals surface area contributed by atoms with Gasteiger partial charge in [0.1, 0.15) is 0 Å². The highest BCUT2D eigenvalue weighted by Gasteiger charge is 2.09. The van der Waals surface area contributed by atoms with E-state index in [-0.39, 0.29) is 24.4 Å². The molecule has 0 saturated carbocycles. The van der Waals surface area contributed by atoms with Crippen molar-refractivity contribution in [2.75, 3.05) is 0 Å². The van der Waals surface area contributed by atoms with Gasteiger partial charge in [-0.05, 0) is 35.9 Å². The molecule has 1 N–H and O–H groups in total. The average molecular weight is 385 g/mol. The van der Waals surface area contributed by atoms with E-state index in [9.17, 15) is 9.59 Å². The van der Waals surface area contributed by atoms with Crippen molar-refractivity contribution in [2.24, 2.45) is 0 Å². The lowest BCUT2D eigenvalue weighted by molar-refractivity contribution is -0.121. The largest absolute Gasteiger partial charge is 0.352 e. The van der Waals surface area contributed by atoms with E-state index in [1.807, 2.05) is 30.3 Å². The third-order valence-electron chi connectivity index (χ3n) is 4.63. The number of hydrogen-bond donors (Lipinski definition) is 1. The third kappa shape index (κ3) is 4.19. The molecule has 1 amide bonds. The molecule has 144 valence electrons. The Balaban J connectivity index is 1.41. The summed E-state index contributed by atoms with van der Waals surface area (Å²) >= 11 is 0. The molecule has 3 heterocycles. The lowest BCUT2D eigenvalue weighted by atomic mass is 10.1. The minimum Gasteiger partial charge on any atom is -0.352 e. The number of fused-ring (bicyclic) bond motifs is 1. The van der Waals surface area contributed by atoms with E-state index in [4.69, 9.17) is 0 Å². The van der Waals surface area contributed by atoms with Crippen LogP contribution in [0.25, 0.3) is 22.2 Å². The van der Waals surface area contributed by atoms with Crippen LogP contribution in [0.3, 0.4) is 0 Å². The molecule has 7 nitrogen and oxygen atoms in total. The predicted octanol–water partition coefficient (Wildman–Crippen LogP) is 2.56. The highest BCUT2D eigenvalue weighted by atomic mass is 16.1. The molecule has 0 unspecified atom stereocenters. The quantitative estimate of drug-likeness (QED) is 0.551. The molecule has 4 aromatic rings. The minimum absolute atomic E-state index is 0.143. The van der Waals surface area contributed by atoms with Crippen LogP contribution in [0.5, 0.6) is 0 Å². The summed E-state index contributed by atoms with van der Waals surface area (Å²) in [5.74, 6) is -0.144. The summed E-state index contributed by atoms with van der Waals surface area (Å²) in [5, 5.41) is 3.45. The zero-order valence-corrected chi connectivity index (χ0v) is 15.7. The van der Waals surface area contributed by atoms with E-state index in [2.05, 4.69) is 20.3 Å². The number of nitrogens with zero attached hydrogens (tertiary/aromatic N) is 4. The van der Waals surface area contributed by atoms with Crippen molar-refractivity contribution in [3.8, 4) is 11.3 Å². The minimum atomic E-state index is -0.144. The molecule has 0 saturated heterocycles. The monoisotopic (exact) mass is 385 g/mol. The van der Waals surface area contributed by atoms with E-state index < -0.39 is 0 Å². The molecule has 0 atom stereocenters. The van der Waals surface area contributed by atoms with Crippen LogP contribution in [0.1, 0.15) is 12.0 Å². The molecule has 3 aromatic heterocycles. The van der Waals surface area contributed by atoms with Crippen LogP contribution in [0.4, 0.5) is 0 Å². The van der Waals surface area contributed by atoms with Crippen LogP contribution in [-0.4, -0.2) is 25.4 Å². The Kier molecular flexibility index (Phi) is 5.38. The van der Waals surface area contributed by atoms with E-state index >= 15 is 0 Å². The number of hydrogen-bond acceptors (Lipinski definition) is 5. The van der Waals surface area contributed by atoms with Crippen molar-refractivity contribution in [3.05, 3.63) is 89.4 Å². The van der Waals surface area contributed by atoms with Crippen LogP contribution in [0.2, 0.25) is 0 Å². The summed E-state index contributed by atoms with van der Waals surface area (Å²) in [5.41, 5.74) is 3.18. The molecule has 0 aliphatic heterocycles. The highest BCUT2D eigenvalue weighted by Crippen LogP contribution is 2.20. The van der Waals surface area contributed by atoms with Crippen molar-refractivity contribution in [2.45, 2.75) is 19.5 Å². The Bertz CT molecular complexity index is 1200. The maximum absolute atomic E-state index is 12.5. The fourth-order valence-electron chi connectivity index (χ4n) is 3.12. The van der Waals surface area contributed by atoms with E-state index in [1.165, 1.54) is 10.9 Å². The van der Waals surface area contributed by atoms with Gasteiger partial charge in [-0.15, -0.1) is 0 Å². The van der Waals surface area contributed by atoms with E-state index in [0.29, 0.717) is 17.4 Å². The summed E-state index contributed by atoms with van der Waals surface area (Å²) in [6, 6.07) is 14.7. The Hall–Kier alpha value is -3.87. The first-order chi connectivity index (χ1) is 14.2. The summed E-state index contributed by atoms with van der Waals surface area (Å²) in [6.45, 7) is 0.627. The van der Waals surface area contributed by atoms with Gasteiger partial charge in [-0.25, -0.2) is 4.98 Å². The van der Waals surface area contributed by atoms with Crippen molar-refractivity contribution in [1.82, 2.24) is 24.8 Å². The van der Waals surface area contributed by atoms with Gasteiger partial charge < -0.3 is 5.32 Å². The van der Waals surface area contributed by atoms with Crippen LogP contribution < -0.4 is 10.9 Å². The zero-order chi connectivity index (χ0) is 20.1. The number of benzene rings is 1. The molecule has 0 radical (unpaired) electrons. The first-order valence-corrected chi connectivity index (χ1v) is 9.27. The first kappa shape index (κ1) is 18.5. The highest BCUT2D eigenvalue weighted by molar-refractivity contribution is 5.77. The smallest absolute Gasteiger partial charge is 0.261 e. The number of nitrogens with one attached hydrogen (secondary N) is 1. The van der Waals surface area contributed by atoms with Crippen LogP contribution in [-0.2, 0) is 17.9 Å². The second kappa shape index (κ2) is 8.43. The molecule has 29 heavy (non-hydrogen) atoms. The number of carbonyl (C=O) groups is 1. The van der Waals surface area contributed by atoms with Gasteiger partial charge in [0.2, 0.25) is 5.91 Å². The van der Waals surface area contributed by atoms with Gasteiger partial charge >= 0.3 is 0 Å². The number of para-hydroxylation sites is 1. The lowest BCUT2D eigenvalue weighted by Crippen LogP contribution is -2.27. The second-order valence-corrected chi connectivity index (χ2v) is 6.53. The van der Waals surface area contributed by atoms with Crippen molar-refractivity contribution in [3.63, 3.8) is 0 Å². The molecule has 0 spiro atoms. The Labute approximate surface area is 167 Å². The number of aromatic nitrogens is 4. The van der Waals surface area contributed by atoms with Crippen molar-refractivity contribution in [1.29, 1.82) is 0 Å². The molecular weight excluding hydrogens is 366 g/mol. The Morgan fingerprint density at radius 3 is 2.66 bits per heavy atom. The standard InChI is InChI=1S/C22H19N5O2/c28-20(9-13-27-15-26-19-6-2-1-5-18(19)22(27)29)25-14-17-4-3-10-24-21(17)16-7-11-23-12-8-16/h1-8,10-12,15H,9,13-14H2,(H,25,28). The van der Waals surface area contributed by atoms with Crippen molar-refractivity contribution < 1.29 is 4.79 Å². The molecule has 0 aliphatic carbocycles. The number of pyridine rings is 2. The fourth-order valence-corrected chi connectivity index (χ4v) is 3.12. The summed E-state index contributed by atoms with van der Waals surface area (Å²) in [7, 11) is 0. The molecule has 0 bridgehead atoms. The number of aryl methyl sites for hydroxylation is 1. The summed E-state index contributed by atoms with van der Waals surface area (Å²) < 4.78 is 1.47. The average Bonchev–Trinajstić information content (AvgIpc) is 2.78. The zero-order valence-electron chi connectivity index (χ0n) is 15.7. The molecule has 1 aromatic carbocycles. The van der Waals surface area contributed by atoms with Gasteiger partial charge in [-0.3, -0.25) is 24.1 Å². The van der Waals surface area contributed by atoms with Crippen molar-refractivity contribution >= 4 is 16.8 Å². The van der Waals surface area contributed by atoms with Gasteiger partial charge in [0.25, 0.3) is 5.56 Å². The Morgan fingerprint density at radius 1 is 0.966 bits per heavy atom. The summed E-state index contributed by atoms with van der Waals surface area (Å²) in [6.07, 6.45) is 6.81. The second-order valence-electron chi connectivity index (χ2n) is 6.53. The van der Waals surface area contributed by atoms with Gasteiger partial charge in [0.15, 0.2) is 0 Å². The van der Waals surface area contributed by atoms with E-state index in [0.717, 1.165) is 16.8 Å². The molecule has 0 fully saturated rings. The third-order valence-corrected chi connectivity index (χ3v) is 4.63. The van der Waals surface area contributed by atoms with Gasteiger partial charge in [0.05, 0.1) is 22.9 Å².